The Hall–Kier alpha value is -1.75. The van der Waals surface area contributed by atoms with Crippen molar-refractivity contribution < 1.29 is 13.6 Å². The van der Waals surface area contributed by atoms with Crippen molar-refractivity contribution in [3.63, 3.8) is 0 Å². The van der Waals surface area contributed by atoms with E-state index in [1.54, 1.807) is 18.3 Å². The Balaban J connectivity index is 1.88. The van der Waals surface area contributed by atoms with Gasteiger partial charge in [-0.05, 0) is 42.5 Å². The van der Waals surface area contributed by atoms with E-state index in [2.05, 4.69) is 5.32 Å². The summed E-state index contributed by atoms with van der Waals surface area (Å²) in [6, 6.07) is 7.24. The maximum Gasteiger partial charge on any atom is 0.220 e. The predicted molar refractivity (Wildman–Crippen MR) is 75.6 cm³/mol. The van der Waals surface area contributed by atoms with Crippen LogP contribution in [0.4, 0.5) is 8.78 Å². The van der Waals surface area contributed by atoms with Gasteiger partial charge in [-0.25, -0.2) is 8.78 Å². The minimum absolute atomic E-state index is 0.101. The van der Waals surface area contributed by atoms with Crippen LogP contribution < -0.4 is 5.32 Å². The quantitative estimate of drug-likeness (QED) is 0.892. The van der Waals surface area contributed by atoms with Crippen molar-refractivity contribution in [2.24, 2.45) is 0 Å². The Morgan fingerprint density at radius 1 is 1.30 bits per heavy atom. The monoisotopic (exact) mass is 295 g/mol. The Morgan fingerprint density at radius 3 is 2.75 bits per heavy atom. The molecule has 5 heteroatoms. The summed E-state index contributed by atoms with van der Waals surface area (Å²) in [6.45, 7) is 1.75. The number of carbonyl (C=O) groups excluding carboxylic acids is 1. The van der Waals surface area contributed by atoms with Gasteiger partial charge >= 0.3 is 0 Å². The third-order valence-electron chi connectivity index (χ3n) is 3.00. The average Bonchev–Trinajstić information content (AvgIpc) is 2.92. The predicted octanol–water partition coefficient (Wildman–Crippen LogP) is 3.84. The van der Waals surface area contributed by atoms with Crippen molar-refractivity contribution in [3.8, 4) is 0 Å². The van der Waals surface area contributed by atoms with Crippen molar-refractivity contribution in [1.29, 1.82) is 0 Å². The van der Waals surface area contributed by atoms with Gasteiger partial charge in [-0.2, -0.15) is 0 Å². The van der Waals surface area contributed by atoms with Crippen LogP contribution in [-0.2, 0) is 11.2 Å². The molecule has 0 bridgehead atoms. The van der Waals surface area contributed by atoms with Crippen LogP contribution in [0.1, 0.15) is 29.8 Å². The SMILES string of the molecule is CC(NC(=O)CCc1cccs1)c1ccc(F)c(F)c1. The molecular weight excluding hydrogens is 280 g/mol. The molecule has 0 aliphatic rings. The van der Waals surface area contributed by atoms with Crippen LogP contribution in [0.15, 0.2) is 35.7 Å². The molecule has 1 unspecified atom stereocenters. The van der Waals surface area contributed by atoms with E-state index in [4.69, 9.17) is 0 Å². The lowest BCUT2D eigenvalue weighted by Crippen LogP contribution is -2.26. The molecule has 1 aromatic carbocycles. The largest absolute Gasteiger partial charge is 0.350 e. The standard InChI is InChI=1S/C15H15F2NOS/c1-10(11-4-6-13(16)14(17)9-11)18-15(19)7-5-12-3-2-8-20-12/h2-4,6,8-10H,5,7H2,1H3,(H,18,19). The van der Waals surface area contributed by atoms with Crippen LogP contribution >= 0.6 is 11.3 Å². The molecule has 0 aliphatic carbocycles. The molecule has 0 aliphatic heterocycles. The Morgan fingerprint density at radius 2 is 2.10 bits per heavy atom. The summed E-state index contributed by atoms with van der Waals surface area (Å²) in [7, 11) is 0. The van der Waals surface area contributed by atoms with Crippen LogP contribution in [-0.4, -0.2) is 5.91 Å². The number of amides is 1. The van der Waals surface area contributed by atoms with E-state index < -0.39 is 11.6 Å². The molecule has 1 amide bonds. The van der Waals surface area contributed by atoms with Crippen LogP contribution in [0.25, 0.3) is 0 Å². The molecule has 1 aromatic heterocycles. The highest BCUT2D eigenvalue weighted by atomic mass is 32.1. The van der Waals surface area contributed by atoms with Gasteiger partial charge in [-0.1, -0.05) is 12.1 Å². The van der Waals surface area contributed by atoms with E-state index in [1.165, 1.54) is 6.07 Å². The first kappa shape index (κ1) is 14.7. The van der Waals surface area contributed by atoms with Crippen molar-refractivity contribution in [3.05, 3.63) is 57.8 Å². The zero-order valence-electron chi connectivity index (χ0n) is 11.0. The molecule has 2 nitrogen and oxygen atoms in total. The third kappa shape index (κ3) is 3.87. The zero-order chi connectivity index (χ0) is 14.5. The van der Waals surface area contributed by atoms with E-state index in [0.717, 1.165) is 17.0 Å². The maximum absolute atomic E-state index is 13.1. The van der Waals surface area contributed by atoms with Gasteiger partial charge in [0.1, 0.15) is 0 Å². The van der Waals surface area contributed by atoms with Gasteiger partial charge in [-0.3, -0.25) is 4.79 Å². The van der Waals surface area contributed by atoms with E-state index in [-0.39, 0.29) is 11.9 Å². The first-order valence-electron chi connectivity index (χ1n) is 6.33. The molecule has 0 fully saturated rings. The van der Waals surface area contributed by atoms with E-state index >= 15 is 0 Å². The molecule has 1 atom stereocenters. The van der Waals surface area contributed by atoms with Gasteiger partial charge in [0.25, 0.3) is 0 Å². The Kier molecular flexibility index (Phi) is 4.84. The van der Waals surface area contributed by atoms with Gasteiger partial charge in [0, 0.05) is 11.3 Å². The molecule has 0 radical (unpaired) electrons. The number of aryl methyl sites for hydroxylation is 1. The summed E-state index contributed by atoms with van der Waals surface area (Å²) < 4.78 is 26.0. The molecule has 0 saturated carbocycles. The average molecular weight is 295 g/mol. The third-order valence-corrected chi connectivity index (χ3v) is 3.94. The van der Waals surface area contributed by atoms with E-state index in [9.17, 15) is 13.6 Å². The van der Waals surface area contributed by atoms with E-state index in [1.807, 2.05) is 17.5 Å². The van der Waals surface area contributed by atoms with Crippen molar-refractivity contribution >= 4 is 17.2 Å². The zero-order valence-corrected chi connectivity index (χ0v) is 11.8. The first-order valence-corrected chi connectivity index (χ1v) is 7.21. The second kappa shape index (κ2) is 6.61. The fourth-order valence-corrected chi connectivity index (χ4v) is 2.58. The molecule has 20 heavy (non-hydrogen) atoms. The molecule has 1 heterocycles. The van der Waals surface area contributed by atoms with Crippen LogP contribution in [0.5, 0.6) is 0 Å². The first-order chi connectivity index (χ1) is 9.56. The number of hydrogen-bond donors (Lipinski definition) is 1. The van der Waals surface area contributed by atoms with Gasteiger partial charge < -0.3 is 5.32 Å². The molecule has 1 N–H and O–H groups in total. The lowest BCUT2D eigenvalue weighted by atomic mass is 10.1. The van der Waals surface area contributed by atoms with Crippen LogP contribution in [0.2, 0.25) is 0 Å². The minimum Gasteiger partial charge on any atom is -0.350 e. The fraction of sp³-hybridized carbons (Fsp3) is 0.267. The van der Waals surface area contributed by atoms with Gasteiger partial charge in [-0.15, -0.1) is 11.3 Å². The fourth-order valence-electron chi connectivity index (χ4n) is 1.87. The summed E-state index contributed by atoms with van der Waals surface area (Å²) in [5.74, 6) is -1.89. The van der Waals surface area contributed by atoms with Gasteiger partial charge in [0.15, 0.2) is 11.6 Å². The molecule has 0 spiro atoms. The summed E-state index contributed by atoms with van der Waals surface area (Å²) in [5.41, 5.74) is 0.549. The Bertz CT molecular complexity index is 584. The molecule has 2 aromatic rings. The molecule has 2 rings (SSSR count). The molecular formula is C15H15F2NOS. The number of nitrogens with one attached hydrogen (secondary N) is 1. The summed E-state index contributed by atoms with van der Waals surface area (Å²) >= 11 is 1.61. The number of halogens is 2. The number of thiophene rings is 1. The van der Waals surface area contributed by atoms with Crippen molar-refractivity contribution in [2.45, 2.75) is 25.8 Å². The number of rotatable bonds is 5. The summed E-state index contributed by atoms with van der Waals surface area (Å²) in [6.07, 6.45) is 1.07. The second-order valence-corrected chi connectivity index (χ2v) is 5.57. The van der Waals surface area contributed by atoms with Crippen LogP contribution in [0, 0.1) is 11.6 Å². The van der Waals surface area contributed by atoms with Crippen molar-refractivity contribution in [1.82, 2.24) is 5.32 Å². The topological polar surface area (TPSA) is 29.1 Å². The highest BCUT2D eigenvalue weighted by Crippen LogP contribution is 2.16. The summed E-state index contributed by atoms with van der Waals surface area (Å²) in [4.78, 5) is 13.0. The lowest BCUT2D eigenvalue weighted by Gasteiger charge is -2.14. The number of benzene rings is 1. The molecule has 0 saturated heterocycles. The second-order valence-electron chi connectivity index (χ2n) is 4.54. The Labute approximate surface area is 120 Å². The number of carbonyl (C=O) groups is 1. The smallest absolute Gasteiger partial charge is 0.220 e. The lowest BCUT2D eigenvalue weighted by molar-refractivity contribution is -0.121. The van der Waals surface area contributed by atoms with Gasteiger partial charge in [0.05, 0.1) is 6.04 Å². The van der Waals surface area contributed by atoms with Gasteiger partial charge in [0.2, 0.25) is 5.91 Å². The number of hydrogen-bond acceptors (Lipinski definition) is 2. The minimum atomic E-state index is -0.901. The maximum atomic E-state index is 13.1. The molecule has 106 valence electrons. The highest BCUT2D eigenvalue weighted by molar-refractivity contribution is 7.09. The highest BCUT2D eigenvalue weighted by Gasteiger charge is 2.12. The van der Waals surface area contributed by atoms with E-state index in [0.29, 0.717) is 18.4 Å². The summed E-state index contributed by atoms with van der Waals surface area (Å²) in [5, 5.41) is 4.75. The van der Waals surface area contributed by atoms with Crippen molar-refractivity contribution in [2.75, 3.05) is 0 Å². The normalized spacial score (nSPS) is 12.2. The van der Waals surface area contributed by atoms with Crippen LogP contribution in [0.3, 0.4) is 0 Å².